The molecule has 34 heavy (non-hydrogen) atoms. The lowest BCUT2D eigenvalue weighted by Crippen LogP contribution is -2.55. The molecule has 1 aliphatic rings. The number of methoxy groups -OCH3 is 2. The van der Waals surface area contributed by atoms with E-state index in [9.17, 15) is 19.5 Å². The average molecular weight is 515 g/mol. The molecular weight excluding hydrogens is 488 g/mol. The van der Waals surface area contributed by atoms with Crippen molar-refractivity contribution < 1.29 is 29.0 Å². The first-order valence-corrected chi connectivity index (χ1v) is 11.8. The van der Waals surface area contributed by atoms with Gasteiger partial charge in [-0.05, 0) is 12.8 Å². The molecule has 0 aromatic carbocycles. The summed E-state index contributed by atoms with van der Waals surface area (Å²) in [4.78, 5) is 49.7. The third kappa shape index (κ3) is 5.84. The number of amides is 2. The maximum absolute atomic E-state index is 12.7. The number of rotatable bonds is 10. The number of aromatic carboxylic acids is 1. The van der Waals surface area contributed by atoms with Crippen LogP contribution < -0.4 is 15.5 Å². The van der Waals surface area contributed by atoms with E-state index < -0.39 is 18.0 Å². The molecule has 0 radical (unpaired) electrons. The summed E-state index contributed by atoms with van der Waals surface area (Å²) >= 11 is 6.96. The minimum absolute atomic E-state index is 0.134. The number of hydrogen-bond acceptors (Lipinski definition) is 9. The van der Waals surface area contributed by atoms with E-state index in [4.69, 9.17) is 21.1 Å². The number of thiazole rings is 1. The number of carbonyl (C=O) groups is 3. The summed E-state index contributed by atoms with van der Waals surface area (Å²) in [5, 5.41) is 15.7. The number of carboxylic acids is 1. The maximum atomic E-state index is 12.7. The number of carbonyl (C=O) groups excluding carboxylic acids is 2. The molecule has 4 N–H and O–H groups in total. The highest BCUT2D eigenvalue weighted by molar-refractivity contribution is 7.17. The van der Waals surface area contributed by atoms with Gasteiger partial charge in [-0.1, -0.05) is 29.9 Å². The summed E-state index contributed by atoms with van der Waals surface area (Å²) in [6.07, 6.45) is 0.734. The molecule has 2 amide bonds. The number of piperidine rings is 1. The van der Waals surface area contributed by atoms with Gasteiger partial charge in [0.2, 0.25) is 0 Å². The van der Waals surface area contributed by atoms with E-state index in [1.165, 1.54) is 14.2 Å². The Hall–Kier alpha value is -2.74. The zero-order chi connectivity index (χ0) is 24.8. The maximum Gasteiger partial charge on any atom is 0.348 e. The van der Waals surface area contributed by atoms with Gasteiger partial charge in [-0.25, -0.2) is 14.8 Å². The number of imidazole rings is 1. The lowest BCUT2D eigenvalue weighted by molar-refractivity contribution is 0.0538. The first-order valence-electron chi connectivity index (χ1n) is 10.6. The van der Waals surface area contributed by atoms with Gasteiger partial charge >= 0.3 is 5.97 Å². The number of carboxylic acid groups (broad SMARTS) is 1. The third-order valence-corrected chi connectivity index (χ3v) is 6.78. The van der Waals surface area contributed by atoms with Crippen molar-refractivity contribution in [2.75, 3.05) is 45.4 Å². The molecule has 2 atom stereocenters. The van der Waals surface area contributed by atoms with Crippen molar-refractivity contribution in [1.29, 1.82) is 0 Å². The van der Waals surface area contributed by atoms with Gasteiger partial charge in [-0.3, -0.25) is 9.59 Å². The normalized spacial score (nSPS) is 18.1. The molecule has 0 aliphatic carbocycles. The summed E-state index contributed by atoms with van der Waals surface area (Å²) < 4.78 is 10.5. The van der Waals surface area contributed by atoms with Crippen LogP contribution in [0.2, 0.25) is 5.15 Å². The number of H-pyrrole nitrogens is 1. The Bertz CT molecular complexity index is 1040. The van der Waals surface area contributed by atoms with E-state index in [1.807, 2.05) is 11.8 Å². The highest BCUT2D eigenvalue weighted by Gasteiger charge is 2.34. The highest BCUT2D eigenvalue weighted by atomic mass is 35.5. The monoisotopic (exact) mass is 514 g/mol. The van der Waals surface area contributed by atoms with Crippen LogP contribution in [-0.4, -0.2) is 90.4 Å². The van der Waals surface area contributed by atoms with E-state index >= 15 is 0 Å². The molecule has 1 aliphatic heterocycles. The molecule has 1 fully saturated rings. The molecule has 2 aromatic rings. The molecule has 1 saturated heterocycles. The van der Waals surface area contributed by atoms with Crippen LogP contribution in [0, 0.1) is 0 Å². The molecule has 0 spiro atoms. The molecular formula is C20H27ClN6O6S. The van der Waals surface area contributed by atoms with Crippen molar-refractivity contribution in [2.45, 2.75) is 31.9 Å². The largest absolute Gasteiger partial charge is 0.477 e. The molecule has 2 unspecified atom stereocenters. The number of nitrogens with zero attached hydrogens (tertiary/aromatic N) is 3. The van der Waals surface area contributed by atoms with Gasteiger partial charge < -0.3 is 35.1 Å². The second-order valence-corrected chi connectivity index (χ2v) is 8.86. The van der Waals surface area contributed by atoms with E-state index in [2.05, 4.69) is 25.6 Å². The fraction of sp³-hybridized carbons (Fsp3) is 0.550. The second kappa shape index (κ2) is 11.6. The predicted octanol–water partition coefficient (Wildman–Crippen LogP) is 1.18. The molecule has 0 bridgehead atoms. The molecule has 0 saturated carbocycles. The Labute approximate surface area is 205 Å². The summed E-state index contributed by atoms with van der Waals surface area (Å²) in [5.74, 6) is -2.06. The first-order chi connectivity index (χ1) is 16.3. The number of aryl methyl sites for hydroxylation is 1. The summed E-state index contributed by atoms with van der Waals surface area (Å²) in [7, 11) is 3.03. The molecule has 186 valence electrons. The van der Waals surface area contributed by atoms with Crippen molar-refractivity contribution in [1.82, 2.24) is 25.6 Å². The number of ether oxygens (including phenoxy) is 2. The van der Waals surface area contributed by atoms with Crippen molar-refractivity contribution >= 4 is 45.9 Å². The number of anilines is 1. The van der Waals surface area contributed by atoms with Crippen LogP contribution >= 0.6 is 22.9 Å². The number of halogens is 1. The second-order valence-electron chi connectivity index (χ2n) is 7.53. The first kappa shape index (κ1) is 25.9. The summed E-state index contributed by atoms with van der Waals surface area (Å²) in [6, 6.07) is -0.307. The van der Waals surface area contributed by atoms with Gasteiger partial charge in [-0.2, -0.15) is 0 Å². The number of nitrogens with one attached hydrogen (secondary N) is 3. The van der Waals surface area contributed by atoms with E-state index in [0.717, 1.165) is 11.3 Å². The van der Waals surface area contributed by atoms with Crippen LogP contribution in [0.15, 0.2) is 0 Å². The SMILES string of the molecule is CCc1[nH]c(C(=O)NC2CCN(c3nc(C(=O)NCCOC)c(C(=O)O)s3)CC2OC)nc1Cl. The number of aromatic amines is 1. The van der Waals surface area contributed by atoms with Crippen molar-refractivity contribution in [3.63, 3.8) is 0 Å². The Balaban J connectivity index is 1.70. The van der Waals surface area contributed by atoms with Crippen LogP contribution in [-0.2, 0) is 15.9 Å². The average Bonchev–Trinajstić information content (AvgIpc) is 3.43. The van der Waals surface area contributed by atoms with Crippen molar-refractivity contribution in [3.05, 3.63) is 27.2 Å². The van der Waals surface area contributed by atoms with Crippen LogP contribution in [0.1, 0.15) is 49.8 Å². The summed E-state index contributed by atoms with van der Waals surface area (Å²) in [5.41, 5.74) is 0.541. The van der Waals surface area contributed by atoms with Crippen LogP contribution in [0.3, 0.4) is 0 Å². The summed E-state index contributed by atoms with van der Waals surface area (Å²) in [6.45, 7) is 3.25. The van der Waals surface area contributed by atoms with Crippen molar-refractivity contribution in [2.24, 2.45) is 0 Å². The Morgan fingerprint density at radius 3 is 2.68 bits per heavy atom. The minimum atomic E-state index is -1.23. The lowest BCUT2D eigenvalue weighted by atomic mass is 10.0. The van der Waals surface area contributed by atoms with Crippen LogP contribution in [0.25, 0.3) is 0 Å². The zero-order valence-corrected chi connectivity index (χ0v) is 20.6. The molecule has 14 heteroatoms. The zero-order valence-electron chi connectivity index (χ0n) is 19.0. The Morgan fingerprint density at radius 1 is 1.29 bits per heavy atom. The molecule has 12 nitrogen and oxygen atoms in total. The fourth-order valence-corrected chi connectivity index (χ4v) is 4.76. The quantitative estimate of drug-likeness (QED) is 0.341. The van der Waals surface area contributed by atoms with Gasteiger partial charge in [0, 0.05) is 33.9 Å². The smallest absolute Gasteiger partial charge is 0.348 e. The van der Waals surface area contributed by atoms with Crippen LogP contribution in [0.4, 0.5) is 5.13 Å². The molecule has 3 heterocycles. The minimum Gasteiger partial charge on any atom is -0.477 e. The Kier molecular flexibility index (Phi) is 8.83. The standard InChI is InChI=1S/C20H27ClN6O6S/c1-4-10-15(21)26-16(23-10)18(29)24-11-5-7-27(9-12(11)33-3)20-25-13(14(34-20)19(30)31)17(28)22-6-8-32-2/h11-12H,4-9H2,1-3H3,(H,22,28)(H,23,26)(H,24,29)(H,30,31). The van der Waals surface area contributed by atoms with Gasteiger partial charge in [0.15, 0.2) is 21.8 Å². The van der Waals surface area contributed by atoms with Crippen molar-refractivity contribution in [3.8, 4) is 0 Å². The predicted molar refractivity (Wildman–Crippen MR) is 125 cm³/mol. The van der Waals surface area contributed by atoms with E-state index in [-0.39, 0.29) is 40.0 Å². The molecule has 3 rings (SSSR count). The van der Waals surface area contributed by atoms with E-state index in [1.54, 1.807) is 0 Å². The lowest BCUT2D eigenvalue weighted by Gasteiger charge is -2.37. The topological polar surface area (TPSA) is 159 Å². The third-order valence-electron chi connectivity index (χ3n) is 5.36. The fourth-order valence-electron chi connectivity index (χ4n) is 3.55. The number of aromatic nitrogens is 3. The van der Waals surface area contributed by atoms with Gasteiger partial charge in [0.1, 0.15) is 4.88 Å². The van der Waals surface area contributed by atoms with Gasteiger partial charge in [0.05, 0.1) is 24.4 Å². The van der Waals surface area contributed by atoms with Gasteiger partial charge in [0.25, 0.3) is 11.8 Å². The number of hydrogen-bond donors (Lipinski definition) is 4. The highest BCUT2D eigenvalue weighted by Crippen LogP contribution is 2.29. The van der Waals surface area contributed by atoms with Gasteiger partial charge in [-0.15, -0.1) is 0 Å². The molecule has 2 aromatic heterocycles. The van der Waals surface area contributed by atoms with Crippen LogP contribution in [0.5, 0.6) is 0 Å². The Morgan fingerprint density at radius 2 is 2.06 bits per heavy atom. The van der Waals surface area contributed by atoms with E-state index in [0.29, 0.717) is 43.4 Å².